The fraction of sp³-hybridized carbons (Fsp3) is 0.450. The van der Waals surface area contributed by atoms with E-state index in [0.29, 0.717) is 36.4 Å². The highest BCUT2D eigenvalue weighted by Crippen LogP contribution is 2.37. The largest absolute Gasteiger partial charge is 0.472 e. The van der Waals surface area contributed by atoms with Crippen LogP contribution in [0.5, 0.6) is 5.88 Å². The van der Waals surface area contributed by atoms with Gasteiger partial charge in [0, 0.05) is 25.0 Å². The smallest absolute Gasteiger partial charge is 0.419 e. The normalized spacial score (nSPS) is 19.5. The molecule has 11 heteroatoms. The van der Waals surface area contributed by atoms with E-state index in [2.05, 4.69) is 36.3 Å². The quantitative estimate of drug-likeness (QED) is 0.451. The fourth-order valence-corrected chi connectivity index (χ4v) is 4.32. The lowest BCUT2D eigenvalue weighted by Gasteiger charge is -2.29. The van der Waals surface area contributed by atoms with Crippen molar-refractivity contribution in [2.75, 3.05) is 11.9 Å². The van der Waals surface area contributed by atoms with Gasteiger partial charge in [-0.05, 0) is 54.6 Å². The molecule has 0 aliphatic heterocycles. The molecular formula is C20H20BrF4N5O. The van der Waals surface area contributed by atoms with Crippen LogP contribution in [0, 0.1) is 5.82 Å². The van der Waals surface area contributed by atoms with Gasteiger partial charge in [0.15, 0.2) is 5.82 Å². The van der Waals surface area contributed by atoms with Crippen molar-refractivity contribution in [1.29, 1.82) is 0 Å². The Morgan fingerprint density at radius 1 is 1.23 bits per heavy atom. The van der Waals surface area contributed by atoms with E-state index in [1.165, 1.54) is 0 Å². The van der Waals surface area contributed by atoms with Crippen LogP contribution in [0.1, 0.15) is 44.2 Å². The van der Waals surface area contributed by atoms with Crippen LogP contribution in [-0.2, 0) is 6.18 Å². The van der Waals surface area contributed by atoms with Crippen molar-refractivity contribution in [3.8, 4) is 5.88 Å². The molecule has 4 rings (SSSR count). The molecule has 0 radical (unpaired) electrons. The molecular weight excluding hydrogens is 482 g/mol. The monoisotopic (exact) mass is 501 g/mol. The van der Waals surface area contributed by atoms with Crippen LogP contribution < -0.4 is 10.1 Å². The number of anilines is 1. The van der Waals surface area contributed by atoms with Crippen LogP contribution in [0.25, 0.3) is 10.9 Å². The van der Waals surface area contributed by atoms with E-state index in [0.717, 1.165) is 29.5 Å². The topological polar surface area (TPSA) is 64.9 Å². The maximum Gasteiger partial charge on any atom is 0.419 e. The Morgan fingerprint density at radius 3 is 2.65 bits per heavy atom. The summed E-state index contributed by atoms with van der Waals surface area (Å²) in [4.78, 5) is 8.03. The Hall–Kier alpha value is -2.43. The summed E-state index contributed by atoms with van der Waals surface area (Å²) in [5.41, 5.74) is -0.433. The number of ether oxygens (including phenoxy) is 1. The third-order valence-corrected chi connectivity index (χ3v) is 5.92. The zero-order valence-corrected chi connectivity index (χ0v) is 18.2. The molecule has 0 atom stereocenters. The SMILES string of the molecule is CCNc1cc2c(cn1)c(Br)nn2[C@H]1CC[C@@H](Oc2nccc(C(F)(F)F)c2F)CC1. The molecule has 0 amide bonds. The summed E-state index contributed by atoms with van der Waals surface area (Å²) >= 11 is 3.48. The number of aromatic nitrogens is 4. The standard InChI is InChI=1S/C20H20BrF4N5O/c1-2-26-16-9-15-13(10-28-16)18(21)29-30(15)11-3-5-12(6-4-11)31-19-17(22)14(7-8-27-19)20(23,24)25/h7-12H,2-6H2,1H3,(H,26,28)/t11-,12+. The van der Waals surface area contributed by atoms with Crippen LogP contribution in [0.2, 0.25) is 0 Å². The molecule has 166 valence electrons. The summed E-state index contributed by atoms with van der Waals surface area (Å²) in [6.45, 7) is 2.73. The van der Waals surface area contributed by atoms with Gasteiger partial charge in [-0.15, -0.1) is 0 Å². The maximum absolute atomic E-state index is 14.2. The number of nitrogens with zero attached hydrogens (tertiary/aromatic N) is 4. The molecule has 3 heterocycles. The molecule has 0 unspecified atom stereocenters. The van der Waals surface area contributed by atoms with Gasteiger partial charge in [-0.25, -0.2) is 14.4 Å². The summed E-state index contributed by atoms with van der Waals surface area (Å²) in [6, 6.07) is 2.64. The van der Waals surface area contributed by atoms with Gasteiger partial charge in [0.25, 0.3) is 5.88 Å². The predicted molar refractivity (Wildman–Crippen MR) is 111 cm³/mol. The first kappa shape index (κ1) is 21.8. The Kier molecular flexibility index (Phi) is 6.05. The lowest BCUT2D eigenvalue weighted by atomic mass is 9.93. The summed E-state index contributed by atoms with van der Waals surface area (Å²) in [5, 5.41) is 8.69. The van der Waals surface area contributed by atoms with Gasteiger partial charge in [0.2, 0.25) is 0 Å². The van der Waals surface area contributed by atoms with Crippen molar-refractivity contribution in [1.82, 2.24) is 19.7 Å². The van der Waals surface area contributed by atoms with Gasteiger partial charge in [0.1, 0.15) is 16.5 Å². The molecule has 0 bridgehead atoms. The van der Waals surface area contributed by atoms with Crippen molar-refractivity contribution in [2.45, 2.75) is 50.9 Å². The van der Waals surface area contributed by atoms with E-state index < -0.39 is 29.5 Å². The number of rotatable bonds is 5. The summed E-state index contributed by atoms with van der Waals surface area (Å²) in [7, 11) is 0. The van der Waals surface area contributed by atoms with Crippen molar-refractivity contribution < 1.29 is 22.3 Å². The molecule has 0 saturated heterocycles. The van der Waals surface area contributed by atoms with Gasteiger partial charge >= 0.3 is 6.18 Å². The zero-order valence-electron chi connectivity index (χ0n) is 16.6. The lowest BCUT2D eigenvalue weighted by Crippen LogP contribution is -2.27. The van der Waals surface area contributed by atoms with Crippen LogP contribution in [0.3, 0.4) is 0 Å². The Balaban J connectivity index is 1.48. The van der Waals surface area contributed by atoms with Gasteiger partial charge in [-0.2, -0.15) is 18.3 Å². The molecule has 1 aliphatic rings. The summed E-state index contributed by atoms with van der Waals surface area (Å²) in [5.74, 6) is -1.32. The molecule has 3 aromatic rings. The molecule has 6 nitrogen and oxygen atoms in total. The Labute approximate surface area is 184 Å². The predicted octanol–water partition coefficient (Wildman–Crippen LogP) is 5.74. The van der Waals surface area contributed by atoms with E-state index >= 15 is 0 Å². The molecule has 1 fully saturated rings. The minimum absolute atomic E-state index is 0.0878. The summed E-state index contributed by atoms with van der Waals surface area (Å²) in [6.07, 6.45) is -0.0593. The van der Waals surface area contributed by atoms with Gasteiger partial charge in [-0.3, -0.25) is 4.68 Å². The molecule has 3 aromatic heterocycles. The molecule has 0 spiro atoms. The first-order valence-corrected chi connectivity index (χ1v) is 10.7. The second-order valence-corrected chi connectivity index (χ2v) is 8.13. The van der Waals surface area contributed by atoms with E-state index in [9.17, 15) is 17.6 Å². The molecule has 1 saturated carbocycles. The minimum atomic E-state index is -4.79. The lowest BCUT2D eigenvalue weighted by molar-refractivity contribution is -0.140. The average molecular weight is 502 g/mol. The van der Waals surface area contributed by atoms with Crippen molar-refractivity contribution in [3.05, 3.63) is 40.5 Å². The average Bonchev–Trinajstić information content (AvgIpc) is 3.05. The van der Waals surface area contributed by atoms with Crippen molar-refractivity contribution in [2.24, 2.45) is 0 Å². The van der Waals surface area contributed by atoms with Crippen molar-refractivity contribution in [3.63, 3.8) is 0 Å². The summed E-state index contributed by atoms with van der Waals surface area (Å²) < 4.78 is 61.1. The van der Waals surface area contributed by atoms with Gasteiger partial charge in [0.05, 0.1) is 22.5 Å². The van der Waals surface area contributed by atoms with E-state index in [-0.39, 0.29) is 6.04 Å². The first-order chi connectivity index (χ1) is 14.8. The third kappa shape index (κ3) is 4.46. The number of alkyl halides is 3. The number of hydrogen-bond acceptors (Lipinski definition) is 5. The highest BCUT2D eigenvalue weighted by molar-refractivity contribution is 9.10. The van der Waals surface area contributed by atoms with Crippen LogP contribution in [-0.4, -0.2) is 32.4 Å². The van der Waals surface area contributed by atoms with Crippen LogP contribution >= 0.6 is 15.9 Å². The maximum atomic E-state index is 14.2. The Morgan fingerprint density at radius 2 is 1.97 bits per heavy atom. The van der Waals surface area contributed by atoms with E-state index in [4.69, 9.17) is 4.74 Å². The number of pyridine rings is 2. The minimum Gasteiger partial charge on any atom is -0.472 e. The van der Waals surface area contributed by atoms with Crippen molar-refractivity contribution >= 4 is 32.7 Å². The number of hydrogen-bond donors (Lipinski definition) is 1. The zero-order chi connectivity index (χ0) is 22.2. The van der Waals surface area contributed by atoms with E-state index in [1.54, 1.807) is 6.20 Å². The number of fused-ring (bicyclic) bond motifs is 1. The first-order valence-electron chi connectivity index (χ1n) is 9.94. The Bertz CT molecular complexity index is 1080. The second kappa shape index (κ2) is 8.60. The highest BCUT2D eigenvalue weighted by atomic mass is 79.9. The molecule has 1 aliphatic carbocycles. The second-order valence-electron chi connectivity index (χ2n) is 7.38. The van der Waals surface area contributed by atoms with Gasteiger partial charge < -0.3 is 10.1 Å². The van der Waals surface area contributed by atoms with Crippen LogP contribution in [0.4, 0.5) is 23.4 Å². The number of halogens is 5. The van der Waals surface area contributed by atoms with E-state index in [1.807, 2.05) is 17.7 Å². The molecule has 0 aromatic carbocycles. The molecule has 1 N–H and O–H groups in total. The fourth-order valence-electron chi connectivity index (χ4n) is 3.84. The highest BCUT2D eigenvalue weighted by Gasteiger charge is 2.36. The van der Waals surface area contributed by atoms with Gasteiger partial charge in [-0.1, -0.05) is 0 Å². The number of nitrogens with one attached hydrogen (secondary N) is 1. The third-order valence-electron chi connectivity index (χ3n) is 5.34. The molecule has 31 heavy (non-hydrogen) atoms. The van der Waals surface area contributed by atoms with Crippen LogP contribution in [0.15, 0.2) is 29.1 Å².